The first kappa shape index (κ1) is 20.4. The largest absolute Gasteiger partial charge is 0.508 e. The van der Waals surface area contributed by atoms with Crippen LogP contribution in [0.4, 0.5) is 27.1 Å². The number of rotatable bonds is 5. The molecule has 0 bridgehead atoms. The maximum Gasteiger partial charge on any atom is 0.269 e. The number of halogens is 2. The minimum atomic E-state index is -0.905. The monoisotopic (exact) mass is 440 g/mol. The number of carbonyl (C=O) groups is 1. The molecule has 3 aromatic rings. The Balaban J connectivity index is 1.61. The lowest BCUT2D eigenvalue weighted by molar-refractivity contribution is -0.384. The zero-order valence-electron chi connectivity index (χ0n) is 15.7. The fourth-order valence-electron chi connectivity index (χ4n) is 3.24. The highest BCUT2D eigenvalue weighted by Gasteiger charge is 2.49. The van der Waals surface area contributed by atoms with Crippen LogP contribution in [0.3, 0.4) is 0 Å². The van der Waals surface area contributed by atoms with Gasteiger partial charge in [0, 0.05) is 23.4 Å². The minimum absolute atomic E-state index is 0.0606. The summed E-state index contributed by atoms with van der Waals surface area (Å²) in [7, 11) is 0. The second kappa shape index (κ2) is 8.11. The van der Waals surface area contributed by atoms with E-state index in [1.165, 1.54) is 65.6 Å². The van der Waals surface area contributed by atoms with Gasteiger partial charge in [-0.1, -0.05) is 0 Å². The van der Waals surface area contributed by atoms with Gasteiger partial charge in [-0.25, -0.2) is 4.39 Å². The number of amides is 1. The van der Waals surface area contributed by atoms with Gasteiger partial charge in [-0.3, -0.25) is 14.9 Å². The Labute approximate surface area is 180 Å². The van der Waals surface area contributed by atoms with Crippen LogP contribution in [0.2, 0.25) is 0 Å². The van der Waals surface area contributed by atoms with E-state index in [4.69, 9.17) is 11.6 Å². The molecule has 2 atom stereocenters. The van der Waals surface area contributed by atoms with Gasteiger partial charge < -0.3 is 10.0 Å². The van der Waals surface area contributed by atoms with E-state index >= 15 is 0 Å². The Hall–Kier alpha value is -3.85. The van der Waals surface area contributed by atoms with Gasteiger partial charge in [-0.15, -0.1) is 11.6 Å². The Morgan fingerprint density at radius 1 is 1.00 bits per heavy atom. The van der Waals surface area contributed by atoms with Crippen LogP contribution in [0.25, 0.3) is 0 Å². The first-order chi connectivity index (χ1) is 14.8. The van der Waals surface area contributed by atoms with E-state index in [0.717, 1.165) is 0 Å². The zero-order valence-corrected chi connectivity index (χ0v) is 16.5. The van der Waals surface area contributed by atoms with Crippen LogP contribution in [-0.2, 0) is 4.79 Å². The number of alkyl halides is 1. The normalized spacial score (nSPS) is 18.3. The molecule has 0 spiro atoms. The maximum atomic E-state index is 13.2. The van der Waals surface area contributed by atoms with E-state index < -0.39 is 22.2 Å². The van der Waals surface area contributed by atoms with Crippen LogP contribution >= 0.6 is 11.6 Å². The highest BCUT2D eigenvalue weighted by Crippen LogP contribution is 2.45. The lowest BCUT2D eigenvalue weighted by atomic mass is 9.91. The molecule has 156 valence electrons. The van der Waals surface area contributed by atoms with Gasteiger partial charge in [0.25, 0.3) is 5.69 Å². The number of non-ortho nitro benzene ring substituents is 1. The van der Waals surface area contributed by atoms with Crippen molar-refractivity contribution >= 4 is 40.3 Å². The van der Waals surface area contributed by atoms with E-state index in [0.29, 0.717) is 22.6 Å². The average Bonchev–Trinajstić information content (AvgIpc) is 2.77. The number of nitro benzene ring substituents is 1. The molecule has 1 saturated heterocycles. The van der Waals surface area contributed by atoms with Crippen LogP contribution in [0.5, 0.6) is 5.75 Å². The molecule has 1 aliphatic heterocycles. The zero-order chi connectivity index (χ0) is 22.1. The number of β-lactam (4-membered cyclic amide) rings is 1. The second-order valence-corrected chi connectivity index (χ2v) is 7.22. The highest BCUT2D eigenvalue weighted by atomic mass is 35.5. The van der Waals surface area contributed by atoms with Gasteiger partial charge >= 0.3 is 0 Å². The molecule has 3 aromatic carbocycles. The van der Waals surface area contributed by atoms with E-state index in [-0.39, 0.29) is 17.3 Å². The first-order valence-electron chi connectivity index (χ1n) is 9.07. The molecule has 8 nitrogen and oxygen atoms in total. The molecule has 0 radical (unpaired) electrons. The highest BCUT2D eigenvalue weighted by molar-refractivity contribution is 6.37. The van der Waals surface area contributed by atoms with Crippen LogP contribution in [-0.4, -0.2) is 21.3 Å². The average molecular weight is 441 g/mol. The van der Waals surface area contributed by atoms with Crippen molar-refractivity contribution in [2.75, 3.05) is 4.90 Å². The van der Waals surface area contributed by atoms with Crippen molar-refractivity contribution in [1.29, 1.82) is 0 Å². The molecule has 0 aliphatic carbocycles. The number of phenolic OH excluding ortho intramolecular Hbond substituents is 1. The minimum Gasteiger partial charge on any atom is -0.508 e. The predicted octanol–water partition coefficient (Wildman–Crippen LogP) is 5.55. The van der Waals surface area contributed by atoms with Crippen molar-refractivity contribution in [2.24, 2.45) is 10.2 Å². The number of nitrogens with zero attached hydrogens (tertiary/aromatic N) is 4. The quantitative estimate of drug-likeness (QED) is 0.184. The van der Waals surface area contributed by atoms with E-state index in [9.17, 15) is 24.4 Å². The summed E-state index contributed by atoms with van der Waals surface area (Å²) in [6.45, 7) is 0. The summed E-state index contributed by atoms with van der Waals surface area (Å²) >= 11 is 6.23. The van der Waals surface area contributed by atoms with Crippen LogP contribution in [0, 0.1) is 15.9 Å². The molecule has 10 heteroatoms. The standard InChI is InChI=1S/C21H14ClFN4O4/c22-19-20(26(21(19)29)15-6-1-12(23)2-7-15)17-11-14(5-10-18(17)28)25-24-13-3-8-16(9-4-13)27(30)31/h1-11,19-20,28H/t19-,20+/m0/s1. The molecule has 0 aromatic heterocycles. The van der Waals surface area contributed by atoms with Gasteiger partial charge in [0.05, 0.1) is 22.3 Å². The fourth-order valence-corrected chi connectivity index (χ4v) is 3.59. The third kappa shape index (κ3) is 3.95. The van der Waals surface area contributed by atoms with Crippen molar-refractivity contribution in [3.8, 4) is 5.75 Å². The molecular formula is C21H14ClFN4O4. The third-order valence-corrected chi connectivity index (χ3v) is 5.23. The molecular weight excluding hydrogens is 427 g/mol. The predicted molar refractivity (Wildman–Crippen MR) is 112 cm³/mol. The lowest BCUT2D eigenvalue weighted by Gasteiger charge is -2.44. The van der Waals surface area contributed by atoms with Crippen molar-refractivity contribution in [3.05, 3.63) is 88.2 Å². The van der Waals surface area contributed by atoms with Crippen molar-refractivity contribution in [3.63, 3.8) is 0 Å². The van der Waals surface area contributed by atoms with Gasteiger partial charge in [-0.2, -0.15) is 10.2 Å². The molecule has 0 saturated carbocycles. The smallest absolute Gasteiger partial charge is 0.269 e. The summed E-state index contributed by atoms with van der Waals surface area (Å²) in [5.41, 5.74) is 1.54. The fraction of sp³-hybridized carbons (Fsp3) is 0.0952. The SMILES string of the molecule is O=C1[C@@H](Cl)[C@@H](c2cc(N=Nc3ccc([N+](=O)[O-])cc3)ccc2O)N1c1ccc(F)cc1. The van der Waals surface area contributed by atoms with E-state index in [2.05, 4.69) is 10.2 Å². The number of anilines is 1. The Kier molecular flexibility index (Phi) is 5.35. The number of hydrogen-bond donors (Lipinski definition) is 1. The van der Waals surface area contributed by atoms with Gasteiger partial charge in [0.15, 0.2) is 0 Å². The number of aromatic hydroxyl groups is 1. The summed E-state index contributed by atoms with van der Waals surface area (Å²) in [5.74, 6) is -0.882. The molecule has 1 N–H and O–H groups in total. The Morgan fingerprint density at radius 3 is 2.26 bits per heavy atom. The summed E-state index contributed by atoms with van der Waals surface area (Å²) < 4.78 is 13.2. The molecule has 4 rings (SSSR count). The molecule has 1 fully saturated rings. The maximum absolute atomic E-state index is 13.2. The first-order valence-corrected chi connectivity index (χ1v) is 9.50. The summed E-state index contributed by atoms with van der Waals surface area (Å²) in [6.07, 6.45) is 0. The number of azo groups is 1. The molecule has 0 unspecified atom stereocenters. The topological polar surface area (TPSA) is 108 Å². The summed E-state index contributed by atoms with van der Waals surface area (Å²) in [4.78, 5) is 23.9. The molecule has 1 heterocycles. The third-order valence-electron chi connectivity index (χ3n) is 4.80. The van der Waals surface area contributed by atoms with E-state index in [1.54, 1.807) is 6.07 Å². The van der Waals surface area contributed by atoms with Gasteiger partial charge in [0.1, 0.15) is 16.9 Å². The van der Waals surface area contributed by atoms with Crippen LogP contribution in [0.15, 0.2) is 77.0 Å². The lowest BCUT2D eigenvalue weighted by Crippen LogP contribution is -2.56. The van der Waals surface area contributed by atoms with Crippen molar-refractivity contribution in [2.45, 2.75) is 11.4 Å². The number of carbonyl (C=O) groups excluding carboxylic acids is 1. The Bertz CT molecular complexity index is 1180. The van der Waals surface area contributed by atoms with Gasteiger partial charge in [0.2, 0.25) is 5.91 Å². The van der Waals surface area contributed by atoms with Crippen LogP contribution in [0.1, 0.15) is 11.6 Å². The number of phenols is 1. The molecule has 31 heavy (non-hydrogen) atoms. The van der Waals surface area contributed by atoms with E-state index in [1.807, 2.05) is 0 Å². The second-order valence-electron chi connectivity index (χ2n) is 6.75. The number of benzene rings is 3. The summed E-state index contributed by atoms with van der Waals surface area (Å²) in [6, 6.07) is 14.7. The molecule has 1 aliphatic rings. The Morgan fingerprint density at radius 2 is 1.61 bits per heavy atom. The van der Waals surface area contributed by atoms with Crippen LogP contribution < -0.4 is 4.90 Å². The van der Waals surface area contributed by atoms with Gasteiger partial charge in [-0.05, 0) is 54.6 Å². The number of nitro groups is 1. The van der Waals surface area contributed by atoms with Crippen molar-refractivity contribution in [1.82, 2.24) is 0 Å². The van der Waals surface area contributed by atoms with Crippen molar-refractivity contribution < 1.29 is 19.2 Å². The number of hydrogen-bond acceptors (Lipinski definition) is 6. The summed E-state index contributed by atoms with van der Waals surface area (Å²) in [5, 5.41) is 28.3. The molecule has 1 amide bonds.